The van der Waals surface area contributed by atoms with Gasteiger partial charge in [-0.05, 0) is 30.0 Å². The van der Waals surface area contributed by atoms with Crippen LogP contribution in [0, 0.1) is 6.92 Å². The van der Waals surface area contributed by atoms with Gasteiger partial charge in [0.15, 0.2) is 0 Å². The summed E-state index contributed by atoms with van der Waals surface area (Å²) < 4.78 is 5.36. The molecule has 0 amide bonds. The van der Waals surface area contributed by atoms with Crippen LogP contribution in [-0.2, 0) is 0 Å². The Hall–Kier alpha value is -1.97. The van der Waals surface area contributed by atoms with Crippen molar-refractivity contribution in [2.45, 2.75) is 26.7 Å². The molecule has 1 aromatic carbocycles. The number of carboxylic acid groups (broad SMARTS) is 1. The Morgan fingerprint density at radius 2 is 2.06 bits per heavy atom. The third-order valence-electron chi connectivity index (χ3n) is 3.24. The van der Waals surface area contributed by atoms with E-state index in [2.05, 4.69) is 18.8 Å². The molecule has 0 saturated heterocycles. The van der Waals surface area contributed by atoms with Gasteiger partial charge in [0.25, 0.3) is 0 Å². The van der Waals surface area contributed by atoms with Gasteiger partial charge in [-0.25, -0.2) is 4.79 Å². The number of carbonyl (C=O) groups is 1. The van der Waals surface area contributed by atoms with E-state index in [0.29, 0.717) is 5.92 Å². The van der Waals surface area contributed by atoms with E-state index in [1.54, 1.807) is 7.11 Å². The Labute approximate surface area is 106 Å². The SMILES string of the molecule is COc1cc2[nH]c(C(=O)O)c(C)c2cc1C(C)C. The van der Waals surface area contributed by atoms with Crippen molar-refractivity contribution in [1.29, 1.82) is 0 Å². The van der Waals surface area contributed by atoms with Crippen LogP contribution < -0.4 is 4.74 Å². The highest BCUT2D eigenvalue weighted by Crippen LogP contribution is 2.33. The van der Waals surface area contributed by atoms with Crippen LogP contribution in [0.4, 0.5) is 0 Å². The number of aromatic nitrogens is 1. The molecule has 0 spiro atoms. The molecule has 0 unspecified atom stereocenters. The van der Waals surface area contributed by atoms with Crippen LogP contribution in [-0.4, -0.2) is 23.2 Å². The van der Waals surface area contributed by atoms with Crippen molar-refractivity contribution in [2.75, 3.05) is 7.11 Å². The lowest BCUT2D eigenvalue weighted by Crippen LogP contribution is -1.97. The zero-order chi connectivity index (χ0) is 13.4. The van der Waals surface area contributed by atoms with E-state index in [4.69, 9.17) is 9.84 Å². The number of benzene rings is 1. The number of methoxy groups -OCH3 is 1. The van der Waals surface area contributed by atoms with Crippen molar-refractivity contribution >= 4 is 16.9 Å². The Balaban J connectivity index is 2.76. The quantitative estimate of drug-likeness (QED) is 0.874. The standard InChI is InChI=1S/C14H17NO3/c1-7(2)9-5-10-8(3)13(14(16)17)15-11(10)6-12(9)18-4/h5-7,15H,1-4H3,(H,16,17). The van der Waals surface area contributed by atoms with Gasteiger partial charge in [0.2, 0.25) is 0 Å². The van der Waals surface area contributed by atoms with Gasteiger partial charge in [-0.2, -0.15) is 0 Å². The van der Waals surface area contributed by atoms with Gasteiger partial charge in [-0.3, -0.25) is 0 Å². The smallest absolute Gasteiger partial charge is 0.352 e. The summed E-state index contributed by atoms with van der Waals surface area (Å²) in [6.45, 7) is 5.99. The minimum atomic E-state index is -0.936. The molecule has 2 N–H and O–H groups in total. The molecule has 0 atom stereocenters. The van der Waals surface area contributed by atoms with Gasteiger partial charge in [0.1, 0.15) is 11.4 Å². The number of aryl methyl sites for hydroxylation is 1. The third kappa shape index (κ3) is 1.83. The topological polar surface area (TPSA) is 62.3 Å². The molecule has 0 bridgehead atoms. The van der Waals surface area contributed by atoms with Gasteiger partial charge < -0.3 is 14.8 Å². The molecular weight excluding hydrogens is 230 g/mol. The number of rotatable bonds is 3. The predicted octanol–water partition coefficient (Wildman–Crippen LogP) is 3.31. The number of carboxylic acids is 1. The number of aromatic amines is 1. The number of hydrogen-bond donors (Lipinski definition) is 2. The molecule has 96 valence electrons. The average Bonchev–Trinajstić information content (AvgIpc) is 2.64. The van der Waals surface area contributed by atoms with Crippen molar-refractivity contribution in [3.8, 4) is 5.75 Å². The molecule has 0 aliphatic carbocycles. The fourth-order valence-electron chi connectivity index (χ4n) is 2.22. The zero-order valence-electron chi connectivity index (χ0n) is 11.0. The van der Waals surface area contributed by atoms with Crippen molar-refractivity contribution in [1.82, 2.24) is 4.98 Å². The highest BCUT2D eigenvalue weighted by atomic mass is 16.5. The molecule has 2 aromatic rings. The van der Waals surface area contributed by atoms with E-state index in [1.807, 2.05) is 19.1 Å². The first-order valence-electron chi connectivity index (χ1n) is 5.89. The van der Waals surface area contributed by atoms with Crippen LogP contribution in [0.2, 0.25) is 0 Å². The summed E-state index contributed by atoms with van der Waals surface area (Å²) in [5.41, 5.74) is 2.89. The summed E-state index contributed by atoms with van der Waals surface area (Å²) in [4.78, 5) is 14.0. The van der Waals surface area contributed by atoms with Crippen LogP contribution in [0.3, 0.4) is 0 Å². The lowest BCUT2D eigenvalue weighted by Gasteiger charge is -2.12. The van der Waals surface area contributed by atoms with Gasteiger partial charge in [0, 0.05) is 11.5 Å². The summed E-state index contributed by atoms with van der Waals surface area (Å²) in [5.74, 6) is 0.177. The first-order valence-corrected chi connectivity index (χ1v) is 5.89. The number of H-pyrrole nitrogens is 1. The molecule has 18 heavy (non-hydrogen) atoms. The number of hydrogen-bond acceptors (Lipinski definition) is 2. The normalized spacial score (nSPS) is 11.2. The molecule has 0 aliphatic rings. The number of fused-ring (bicyclic) bond motifs is 1. The molecule has 1 heterocycles. The molecular formula is C14H17NO3. The minimum absolute atomic E-state index is 0.243. The monoisotopic (exact) mass is 247 g/mol. The Bertz CT molecular complexity index is 611. The lowest BCUT2D eigenvalue weighted by atomic mass is 9.99. The van der Waals surface area contributed by atoms with Gasteiger partial charge in [-0.15, -0.1) is 0 Å². The maximum Gasteiger partial charge on any atom is 0.352 e. The Morgan fingerprint density at radius 1 is 1.39 bits per heavy atom. The molecule has 0 radical (unpaired) electrons. The van der Waals surface area contributed by atoms with Gasteiger partial charge in [0.05, 0.1) is 12.6 Å². The highest BCUT2D eigenvalue weighted by Gasteiger charge is 2.17. The van der Waals surface area contributed by atoms with Crippen LogP contribution in [0.5, 0.6) is 5.75 Å². The van der Waals surface area contributed by atoms with E-state index in [0.717, 1.165) is 27.8 Å². The lowest BCUT2D eigenvalue weighted by molar-refractivity contribution is 0.0691. The fraction of sp³-hybridized carbons (Fsp3) is 0.357. The zero-order valence-corrected chi connectivity index (χ0v) is 11.0. The largest absolute Gasteiger partial charge is 0.496 e. The van der Waals surface area contributed by atoms with E-state index < -0.39 is 5.97 Å². The summed E-state index contributed by atoms with van der Waals surface area (Å²) in [6, 6.07) is 3.88. The second kappa shape index (κ2) is 4.37. The predicted molar refractivity (Wildman–Crippen MR) is 70.6 cm³/mol. The molecule has 0 aliphatic heterocycles. The molecule has 0 saturated carbocycles. The minimum Gasteiger partial charge on any atom is -0.496 e. The van der Waals surface area contributed by atoms with Crippen LogP contribution in [0.15, 0.2) is 12.1 Å². The van der Waals surface area contributed by atoms with Gasteiger partial charge >= 0.3 is 5.97 Å². The molecule has 4 nitrogen and oxygen atoms in total. The third-order valence-corrected chi connectivity index (χ3v) is 3.24. The fourth-order valence-corrected chi connectivity index (χ4v) is 2.22. The highest BCUT2D eigenvalue weighted by molar-refractivity contribution is 5.98. The number of aromatic carboxylic acids is 1. The Morgan fingerprint density at radius 3 is 2.56 bits per heavy atom. The van der Waals surface area contributed by atoms with Crippen molar-refractivity contribution in [3.63, 3.8) is 0 Å². The van der Waals surface area contributed by atoms with E-state index in [9.17, 15) is 4.79 Å². The van der Waals surface area contributed by atoms with Crippen molar-refractivity contribution in [2.24, 2.45) is 0 Å². The summed E-state index contributed by atoms with van der Waals surface area (Å²) in [5, 5.41) is 10.1. The number of nitrogens with one attached hydrogen (secondary N) is 1. The maximum absolute atomic E-state index is 11.1. The first-order chi connectivity index (χ1) is 8.45. The van der Waals surface area contributed by atoms with Crippen LogP contribution in [0.25, 0.3) is 10.9 Å². The van der Waals surface area contributed by atoms with Gasteiger partial charge in [-0.1, -0.05) is 13.8 Å². The maximum atomic E-state index is 11.1. The number of ether oxygens (including phenoxy) is 1. The molecule has 1 aromatic heterocycles. The van der Waals surface area contributed by atoms with Crippen molar-refractivity contribution < 1.29 is 14.6 Å². The summed E-state index contributed by atoms with van der Waals surface area (Å²) in [6.07, 6.45) is 0. The van der Waals surface area contributed by atoms with E-state index in [-0.39, 0.29) is 5.69 Å². The molecule has 0 fully saturated rings. The second-order valence-electron chi connectivity index (χ2n) is 4.72. The molecule has 2 rings (SSSR count). The van der Waals surface area contributed by atoms with Crippen LogP contribution in [0.1, 0.15) is 41.4 Å². The second-order valence-corrected chi connectivity index (χ2v) is 4.72. The van der Waals surface area contributed by atoms with E-state index in [1.165, 1.54) is 0 Å². The summed E-state index contributed by atoms with van der Waals surface area (Å²) in [7, 11) is 1.63. The summed E-state index contributed by atoms with van der Waals surface area (Å²) >= 11 is 0. The molecule has 4 heteroatoms. The Kier molecular flexibility index (Phi) is 3.03. The first kappa shape index (κ1) is 12.5. The van der Waals surface area contributed by atoms with Crippen molar-refractivity contribution in [3.05, 3.63) is 29.0 Å². The van der Waals surface area contributed by atoms with Crippen LogP contribution >= 0.6 is 0 Å². The van der Waals surface area contributed by atoms with E-state index >= 15 is 0 Å². The average molecular weight is 247 g/mol.